The highest BCUT2D eigenvalue weighted by molar-refractivity contribution is 5.80. The van der Waals surface area contributed by atoms with Crippen molar-refractivity contribution in [2.24, 2.45) is 0 Å². The van der Waals surface area contributed by atoms with Gasteiger partial charge in [-0.15, -0.1) is 0 Å². The molecule has 4 unspecified atom stereocenters. The fraction of sp³-hybridized carbons (Fsp3) is 0.823. The van der Waals surface area contributed by atoms with E-state index in [1.165, 1.54) is 205 Å². The summed E-state index contributed by atoms with van der Waals surface area (Å²) in [5.74, 6) is -0.598. The van der Waals surface area contributed by atoms with E-state index in [1.54, 1.807) is 0 Å². The predicted molar refractivity (Wildman–Crippen MR) is 297 cm³/mol. The largest absolute Gasteiger partial charge is 0.394 e. The van der Waals surface area contributed by atoms with Gasteiger partial charge in [0.05, 0.1) is 18.8 Å². The standard InChI is InChI=1S/C62H115NO5/c1-3-5-7-9-11-13-15-17-19-21-23-25-26-27-28-29-30-31-32-33-34-35-36-38-40-42-44-46-48-50-52-54-56-60(66)62(68)63-58(57-64)61(67)59(65)55-53-51-49-47-45-43-41-39-37-24-22-20-18-16-14-12-10-8-6-4-2/h20,22-23,25,27-28,39,41,47,49,58-61,64-67H,3-19,21,24,26,29-38,40,42-46,48,50-57H2,1-2H3,(H,63,68)/b22-20+,25-23-,28-27-,41-39+,49-47+. The number of amides is 1. The van der Waals surface area contributed by atoms with Crippen LogP contribution in [-0.2, 0) is 4.79 Å². The van der Waals surface area contributed by atoms with Crippen molar-refractivity contribution in [3.63, 3.8) is 0 Å². The van der Waals surface area contributed by atoms with Gasteiger partial charge >= 0.3 is 0 Å². The summed E-state index contributed by atoms with van der Waals surface area (Å²) in [6.45, 7) is 4.05. The fourth-order valence-electron chi connectivity index (χ4n) is 9.00. The number of carbonyl (C=O) groups excluding carboxylic acids is 1. The highest BCUT2D eigenvalue weighted by atomic mass is 16.3. The smallest absolute Gasteiger partial charge is 0.249 e. The lowest BCUT2D eigenvalue weighted by molar-refractivity contribution is -0.132. The van der Waals surface area contributed by atoms with Gasteiger partial charge in [0.2, 0.25) is 5.91 Å². The van der Waals surface area contributed by atoms with Gasteiger partial charge in [-0.3, -0.25) is 4.79 Å². The van der Waals surface area contributed by atoms with Crippen LogP contribution in [0.1, 0.15) is 296 Å². The number of hydrogen-bond acceptors (Lipinski definition) is 5. The lowest BCUT2D eigenvalue weighted by atomic mass is 10.00. The molecule has 0 aromatic heterocycles. The Kier molecular flexibility index (Phi) is 54.3. The second-order valence-electron chi connectivity index (χ2n) is 20.3. The Morgan fingerprint density at radius 2 is 0.662 bits per heavy atom. The number of carbonyl (C=O) groups is 1. The van der Waals surface area contributed by atoms with Gasteiger partial charge in [-0.2, -0.15) is 0 Å². The summed E-state index contributed by atoms with van der Waals surface area (Å²) in [6.07, 6.45) is 73.0. The van der Waals surface area contributed by atoms with E-state index in [1.807, 2.05) is 0 Å². The van der Waals surface area contributed by atoms with Crippen LogP contribution in [0.15, 0.2) is 60.8 Å². The van der Waals surface area contributed by atoms with E-state index in [4.69, 9.17) is 0 Å². The molecule has 0 saturated heterocycles. The molecule has 0 saturated carbocycles. The first kappa shape index (κ1) is 66.0. The van der Waals surface area contributed by atoms with Gasteiger partial charge in [0.25, 0.3) is 0 Å². The highest BCUT2D eigenvalue weighted by Gasteiger charge is 2.28. The van der Waals surface area contributed by atoms with Gasteiger partial charge in [-0.25, -0.2) is 0 Å². The molecule has 0 bridgehead atoms. The average Bonchev–Trinajstić information content (AvgIpc) is 3.34. The molecule has 0 fully saturated rings. The zero-order chi connectivity index (χ0) is 49.5. The number of nitrogens with one attached hydrogen (secondary N) is 1. The second-order valence-corrected chi connectivity index (χ2v) is 20.3. The third kappa shape index (κ3) is 49.0. The molecule has 4 atom stereocenters. The van der Waals surface area contributed by atoms with Crippen LogP contribution in [0.4, 0.5) is 0 Å². The Bertz CT molecular complexity index is 1160. The van der Waals surface area contributed by atoms with E-state index < -0.39 is 36.9 Å². The van der Waals surface area contributed by atoms with Gasteiger partial charge in [0.1, 0.15) is 12.2 Å². The average molecular weight is 955 g/mol. The summed E-state index contributed by atoms with van der Waals surface area (Å²) in [6, 6.07) is -1.01. The van der Waals surface area contributed by atoms with Crippen LogP contribution in [0.3, 0.4) is 0 Å². The number of rotatable bonds is 54. The SMILES string of the molecule is CCCCCCCCC/C=C/CC/C=C/CC/C=C/CCCC(O)C(O)C(CO)NC(=O)C(O)CCCCCCCCCCCCCCCCCC/C=C\C/C=C\CCCCCCCCCCC. The van der Waals surface area contributed by atoms with Crippen LogP contribution in [0.5, 0.6) is 0 Å². The molecule has 0 aromatic carbocycles. The second kappa shape index (κ2) is 55.9. The normalized spacial score (nSPS) is 14.1. The van der Waals surface area contributed by atoms with E-state index in [0.29, 0.717) is 19.3 Å². The first-order valence-corrected chi connectivity index (χ1v) is 29.7. The first-order chi connectivity index (χ1) is 33.5. The molecular formula is C62H115NO5. The predicted octanol–water partition coefficient (Wildman–Crippen LogP) is 17.5. The summed E-state index contributed by atoms with van der Waals surface area (Å²) in [7, 11) is 0. The quantitative estimate of drug-likeness (QED) is 0.0308. The van der Waals surface area contributed by atoms with E-state index in [2.05, 4.69) is 79.9 Å². The Labute approximate surface area is 422 Å². The monoisotopic (exact) mass is 954 g/mol. The lowest BCUT2D eigenvalue weighted by Crippen LogP contribution is -2.53. The summed E-state index contributed by atoms with van der Waals surface area (Å²) in [5, 5.41) is 44.0. The van der Waals surface area contributed by atoms with Crippen LogP contribution in [0, 0.1) is 0 Å². The molecule has 0 aliphatic rings. The molecule has 6 nitrogen and oxygen atoms in total. The maximum Gasteiger partial charge on any atom is 0.249 e. The van der Waals surface area contributed by atoms with Crippen LogP contribution < -0.4 is 5.32 Å². The minimum absolute atomic E-state index is 0.358. The molecule has 0 heterocycles. The van der Waals surface area contributed by atoms with Crippen molar-refractivity contribution in [3.05, 3.63) is 60.8 Å². The molecule has 6 heteroatoms. The molecule has 0 rings (SSSR count). The molecule has 0 aliphatic carbocycles. The summed E-state index contributed by atoms with van der Waals surface area (Å²) < 4.78 is 0. The number of aliphatic hydroxyl groups is 4. The van der Waals surface area contributed by atoms with Crippen LogP contribution in [0.2, 0.25) is 0 Å². The zero-order valence-electron chi connectivity index (χ0n) is 45.1. The highest BCUT2D eigenvalue weighted by Crippen LogP contribution is 2.17. The summed E-state index contributed by atoms with van der Waals surface area (Å²) in [5.41, 5.74) is 0. The molecule has 0 aromatic rings. The van der Waals surface area contributed by atoms with E-state index in [9.17, 15) is 25.2 Å². The van der Waals surface area contributed by atoms with Crippen molar-refractivity contribution < 1.29 is 25.2 Å². The molecule has 68 heavy (non-hydrogen) atoms. The van der Waals surface area contributed by atoms with E-state index in [0.717, 1.165) is 57.8 Å². The molecule has 398 valence electrons. The maximum absolute atomic E-state index is 12.6. The molecule has 0 spiro atoms. The van der Waals surface area contributed by atoms with Gasteiger partial charge in [-0.05, 0) is 96.3 Å². The van der Waals surface area contributed by atoms with Crippen molar-refractivity contribution in [1.29, 1.82) is 0 Å². The Morgan fingerprint density at radius 3 is 1.01 bits per heavy atom. The minimum Gasteiger partial charge on any atom is -0.394 e. The molecule has 0 aliphatic heterocycles. The topological polar surface area (TPSA) is 110 Å². The molecule has 1 amide bonds. The first-order valence-electron chi connectivity index (χ1n) is 29.7. The van der Waals surface area contributed by atoms with E-state index >= 15 is 0 Å². The van der Waals surface area contributed by atoms with Gasteiger partial charge in [0, 0.05) is 0 Å². The fourth-order valence-corrected chi connectivity index (χ4v) is 9.00. The van der Waals surface area contributed by atoms with Crippen molar-refractivity contribution in [1.82, 2.24) is 5.32 Å². The lowest BCUT2D eigenvalue weighted by Gasteiger charge is -2.27. The summed E-state index contributed by atoms with van der Waals surface area (Å²) in [4.78, 5) is 12.6. The van der Waals surface area contributed by atoms with Crippen molar-refractivity contribution in [3.8, 4) is 0 Å². The van der Waals surface area contributed by atoms with Crippen LogP contribution in [0.25, 0.3) is 0 Å². The molecular weight excluding hydrogens is 839 g/mol. The molecule has 0 radical (unpaired) electrons. The number of allylic oxidation sites excluding steroid dienone is 10. The Hall–Kier alpha value is -1.99. The number of aliphatic hydroxyl groups excluding tert-OH is 4. The Balaban J connectivity index is 3.65. The van der Waals surface area contributed by atoms with Crippen molar-refractivity contribution >= 4 is 5.91 Å². The van der Waals surface area contributed by atoms with Gasteiger partial charge in [0.15, 0.2) is 0 Å². The molecule has 5 N–H and O–H groups in total. The third-order valence-corrected chi connectivity index (χ3v) is 13.7. The number of hydrogen-bond donors (Lipinski definition) is 5. The van der Waals surface area contributed by atoms with Crippen molar-refractivity contribution in [2.75, 3.05) is 6.61 Å². The van der Waals surface area contributed by atoms with Crippen LogP contribution in [-0.4, -0.2) is 57.3 Å². The van der Waals surface area contributed by atoms with Crippen molar-refractivity contribution in [2.45, 2.75) is 321 Å². The number of unbranched alkanes of at least 4 members (excludes halogenated alkanes) is 35. The minimum atomic E-state index is -1.30. The zero-order valence-corrected chi connectivity index (χ0v) is 45.1. The third-order valence-electron chi connectivity index (χ3n) is 13.7. The maximum atomic E-state index is 12.6. The Morgan fingerprint density at radius 1 is 0.368 bits per heavy atom. The summed E-state index contributed by atoms with van der Waals surface area (Å²) >= 11 is 0. The van der Waals surface area contributed by atoms with Gasteiger partial charge < -0.3 is 25.7 Å². The van der Waals surface area contributed by atoms with Crippen LogP contribution >= 0.6 is 0 Å². The van der Waals surface area contributed by atoms with Gasteiger partial charge in [-0.1, -0.05) is 261 Å². The van der Waals surface area contributed by atoms with E-state index in [-0.39, 0.29) is 0 Å².